The summed E-state index contributed by atoms with van der Waals surface area (Å²) in [6.07, 6.45) is 2.79. The van der Waals surface area contributed by atoms with E-state index in [1.54, 1.807) is 6.92 Å². The van der Waals surface area contributed by atoms with Gasteiger partial charge >= 0.3 is 11.9 Å². The lowest BCUT2D eigenvalue weighted by atomic mass is 10.1. The van der Waals surface area contributed by atoms with Gasteiger partial charge in [-0.3, -0.25) is 4.79 Å². The first-order chi connectivity index (χ1) is 12.5. The minimum Gasteiger partial charge on any atom is -0.478 e. The molecule has 2 aromatic heterocycles. The van der Waals surface area contributed by atoms with Gasteiger partial charge in [-0.1, -0.05) is 30.3 Å². The zero-order valence-corrected chi connectivity index (χ0v) is 14.3. The fourth-order valence-corrected chi connectivity index (χ4v) is 2.75. The number of anilines is 1. The van der Waals surface area contributed by atoms with Crippen LogP contribution in [0.3, 0.4) is 0 Å². The predicted octanol–water partition coefficient (Wildman–Crippen LogP) is 2.45. The molecule has 0 saturated heterocycles. The van der Waals surface area contributed by atoms with Gasteiger partial charge in [-0.2, -0.15) is 5.10 Å². The first-order valence-corrected chi connectivity index (χ1v) is 7.98. The summed E-state index contributed by atoms with van der Waals surface area (Å²) in [5.41, 5.74) is 2.19. The molecule has 0 unspecified atom stereocenters. The Balaban J connectivity index is 2.01. The van der Waals surface area contributed by atoms with Gasteiger partial charge in [-0.25, -0.2) is 14.3 Å². The van der Waals surface area contributed by atoms with E-state index in [0.717, 1.165) is 5.56 Å². The number of esters is 1. The molecule has 0 bridgehead atoms. The van der Waals surface area contributed by atoms with Crippen LogP contribution < -0.4 is 5.32 Å². The van der Waals surface area contributed by atoms with E-state index in [-0.39, 0.29) is 24.2 Å². The van der Waals surface area contributed by atoms with Crippen LogP contribution in [0, 0.1) is 6.92 Å². The highest BCUT2D eigenvalue weighted by atomic mass is 16.5. The van der Waals surface area contributed by atoms with Crippen molar-refractivity contribution in [3.63, 3.8) is 0 Å². The molecular formula is C18H18N4O4. The van der Waals surface area contributed by atoms with Crippen LogP contribution in [0.15, 0.2) is 42.9 Å². The number of nitrogens with one attached hydrogen (secondary N) is 1. The van der Waals surface area contributed by atoms with Crippen LogP contribution in [-0.4, -0.2) is 38.3 Å². The molecule has 0 aliphatic heterocycles. The van der Waals surface area contributed by atoms with E-state index in [2.05, 4.69) is 15.4 Å². The average Bonchev–Trinajstić information content (AvgIpc) is 2.97. The van der Waals surface area contributed by atoms with Crippen molar-refractivity contribution in [1.29, 1.82) is 0 Å². The number of aryl methyl sites for hydroxylation is 1. The number of carbonyl (C=O) groups excluding carboxylic acids is 1. The summed E-state index contributed by atoms with van der Waals surface area (Å²) in [5.74, 6) is -0.947. The third kappa shape index (κ3) is 3.49. The Labute approximate surface area is 149 Å². The number of hydrogen-bond acceptors (Lipinski definition) is 6. The first kappa shape index (κ1) is 17.4. The lowest BCUT2D eigenvalue weighted by molar-refractivity contribution is -0.141. The highest BCUT2D eigenvalue weighted by Crippen LogP contribution is 2.26. The minimum atomic E-state index is -1.03. The summed E-state index contributed by atoms with van der Waals surface area (Å²) in [5, 5.41) is 16.6. The van der Waals surface area contributed by atoms with E-state index in [4.69, 9.17) is 4.74 Å². The lowest BCUT2D eigenvalue weighted by Gasteiger charge is -2.20. The van der Waals surface area contributed by atoms with Crippen LogP contribution in [0.1, 0.15) is 34.5 Å². The van der Waals surface area contributed by atoms with E-state index >= 15 is 0 Å². The molecule has 1 aromatic carbocycles. The van der Waals surface area contributed by atoms with Gasteiger partial charge in [-0.15, -0.1) is 0 Å². The number of aromatic carboxylic acids is 1. The molecule has 8 heteroatoms. The summed E-state index contributed by atoms with van der Waals surface area (Å²) >= 11 is 0. The average molecular weight is 354 g/mol. The summed E-state index contributed by atoms with van der Waals surface area (Å²) in [6.45, 7) is 3.17. The maximum atomic E-state index is 11.4. The number of nitrogens with zero attached hydrogens (tertiary/aromatic N) is 3. The smallest absolute Gasteiger partial charge is 0.337 e. The Morgan fingerprint density at radius 1 is 1.31 bits per heavy atom. The van der Waals surface area contributed by atoms with E-state index in [9.17, 15) is 14.7 Å². The Morgan fingerprint density at radius 2 is 2.04 bits per heavy atom. The Hall–Kier alpha value is -3.42. The van der Waals surface area contributed by atoms with Crippen LogP contribution in [0.2, 0.25) is 0 Å². The van der Waals surface area contributed by atoms with Crippen LogP contribution in [0.25, 0.3) is 5.52 Å². The van der Waals surface area contributed by atoms with Crippen LogP contribution in [-0.2, 0) is 9.53 Å². The van der Waals surface area contributed by atoms with Gasteiger partial charge in [0.15, 0.2) is 5.82 Å². The number of fused-ring (bicyclic) bond motifs is 1. The van der Waals surface area contributed by atoms with Crippen molar-refractivity contribution in [2.75, 3.05) is 11.9 Å². The van der Waals surface area contributed by atoms with E-state index in [1.807, 2.05) is 30.3 Å². The van der Waals surface area contributed by atoms with Crippen molar-refractivity contribution in [3.8, 4) is 0 Å². The summed E-state index contributed by atoms with van der Waals surface area (Å²) < 4.78 is 6.64. The second-order valence-corrected chi connectivity index (χ2v) is 5.78. The minimum absolute atomic E-state index is 0.112. The fourth-order valence-electron chi connectivity index (χ4n) is 2.75. The molecule has 1 atom stereocenters. The zero-order valence-electron chi connectivity index (χ0n) is 14.3. The van der Waals surface area contributed by atoms with Crippen molar-refractivity contribution in [1.82, 2.24) is 14.6 Å². The number of benzene rings is 1. The summed E-state index contributed by atoms with van der Waals surface area (Å²) in [6, 6.07) is 9.14. The van der Waals surface area contributed by atoms with Crippen molar-refractivity contribution in [2.24, 2.45) is 0 Å². The van der Waals surface area contributed by atoms with Crippen molar-refractivity contribution in [2.45, 2.75) is 19.9 Å². The molecule has 2 N–H and O–H groups in total. The molecule has 0 saturated carbocycles. The third-order valence-electron chi connectivity index (χ3n) is 4.02. The number of aromatic nitrogens is 3. The Bertz CT molecular complexity index is 952. The van der Waals surface area contributed by atoms with Gasteiger partial charge in [0.05, 0.1) is 11.6 Å². The zero-order chi connectivity index (χ0) is 18.7. The number of carbonyl (C=O) groups is 2. The fraction of sp³-hybridized carbons (Fsp3) is 0.222. The van der Waals surface area contributed by atoms with Crippen molar-refractivity contribution >= 4 is 23.3 Å². The molecule has 0 spiro atoms. The summed E-state index contributed by atoms with van der Waals surface area (Å²) in [4.78, 5) is 26.9. The highest BCUT2D eigenvalue weighted by Gasteiger charge is 2.20. The number of rotatable bonds is 6. The van der Waals surface area contributed by atoms with Gasteiger partial charge in [-0.05, 0) is 18.1 Å². The SMILES string of the molecule is CC(=O)OC[C@@H](Nc1ncnn2cc(C(=O)O)c(C)c12)c1ccccc1. The van der Waals surface area contributed by atoms with Crippen molar-refractivity contribution < 1.29 is 19.4 Å². The molecule has 26 heavy (non-hydrogen) atoms. The number of ether oxygens (including phenoxy) is 1. The van der Waals surface area contributed by atoms with Gasteiger partial charge < -0.3 is 15.2 Å². The Morgan fingerprint density at radius 3 is 2.69 bits per heavy atom. The molecule has 0 aliphatic carbocycles. The molecule has 0 fully saturated rings. The largest absolute Gasteiger partial charge is 0.478 e. The number of hydrogen-bond donors (Lipinski definition) is 2. The lowest BCUT2D eigenvalue weighted by Crippen LogP contribution is -2.20. The molecule has 134 valence electrons. The van der Waals surface area contributed by atoms with Gasteiger partial charge in [0.1, 0.15) is 18.5 Å². The molecular weight excluding hydrogens is 336 g/mol. The molecule has 0 aliphatic rings. The number of carboxylic acid groups (broad SMARTS) is 1. The van der Waals surface area contributed by atoms with E-state index in [1.165, 1.54) is 24.0 Å². The summed E-state index contributed by atoms with van der Waals surface area (Å²) in [7, 11) is 0. The molecule has 0 radical (unpaired) electrons. The van der Waals surface area contributed by atoms with E-state index < -0.39 is 5.97 Å². The molecule has 8 nitrogen and oxygen atoms in total. The molecule has 3 aromatic rings. The normalized spacial score (nSPS) is 11.9. The van der Waals surface area contributed by atoms with Crippen LogP contribution in [0.4, 0.5) is 5.82 Å². The molecule has 3 rings (SSSR count). The maximum Gasteiger partial charge on any atom is 0.337 e. The van der Waals surface area contributed by atoms with E-state index in [0.29, 0.717) is 16.9 Å². The number of carboxylic acids is 1. The predicted molar refractivity (Wildman–Crippen MR) is 94.1 cm³/mol. The molecule has 2 heterocycles. The van der Waals surface area contributed by atoms with Gasteiger partial charge in [0.2, 0.25) is 0 Å². The maximum absolute atomic E-state index is 11.4. The second-order valence-electron chi connectivity index (χ2n) is 5.78. The molecule has 0 amide bonds. The third-order valence-corrected chi connectivity index (χ3v) is 4.02. The van der Waals surface area contributed by atoms with Crippen LogP contribution >= 0.6 is 0 Å². The first-order valence-electron chi connectivity index (χ1n) is 7.98. The van der Waals surface area contributed by atoms with Crippen molar-refractivity contribution in [3.05, 3.63) is 59.5 Å². The van der Waals surface area contributed by atoms with Crippen LogP contribution in [0.5, 0.6) is 0 Å². The second kappa shape index (κ2) is 7.22. The standard InChI is InChI=1S/C18H18N4O4/c1-11-14(18(24)25)8-22-16(11)17(19-10-20-22)21-15(9-26-12(2)23)13-6-4-3-5-7-13/h3-8,10,15H,9H2,1-2H3,(H,24,25)(H,19,20,21)/t15-/m1/s1. The Kier molecular flexibility index (Phi) is 4.83. The topological polar surface area (TPSA) is 106 Å². The monoisotopic (exact) mass is 354 g/mol. The van der Waals surface area contributed by atoms with Gasteiger partial charge in [0.25, 0.3) is 0 Å². The quantitative estimate of drug-likeness (QED) is 0.655. The highest BCUT2D eigenvalue weighted by molar-refractivity contribution is 5.94. The van der Waals surface area contributed by atoms with Gasteiger partial charge in [0, 0.05) is 13.1 Å².